The van der Waals surface area contributed by atoms with Crippen LogP contribution in [0.2, 0.25) is 0 Å². The average molecular weight is 562 g/mol. The van der Waals surface area contributed by atoms with Gasteiger partial charge >= 0.3 is 0 Å². The minimum Gasteiger partial charge on any atom is -0.494 e. The van der Waals surface area contributed by atoms with E-state index >= 15 is 0 Å². The van der Waals surface area contributed by atoms with Gasteiger partial charge in [0.15, 0.2) is 5.82 Å². The van der Waals surface area contributed by atoms with Crippen LogP contribution in [0, 0.1) is 0 Å². The van der Waals surface area contributed by atoms with Gasteiger partial charge in [0.2, 0.25) is 11.9 Å². The molecule has 1 saturated heterocycles. The van der Waals surface area contributed by atoms with E-state index in [0.717, 1.165) is 5.69 Å². The number of morpholine rings is 1. The van der Waals surface area contributed by atoms with Crippen LogP contribution in [0.5, 0.6) is 5.75 Å². The highest BCUT2D eigenvalue weighted by Gasteiger charge is 2.20. The van der Waals surface area contributed by atoms with Crippen molar-refractivity contribution in [2.45, 2.75) is 6.54 Å². The standard InChI is InChI=1S/C30H34N8O3/c1-5-28(39)32-23-17-24(26(40-4)18-25(23)37-13-15-41-16-14-37)33-30-31-12-11-27(34-30)38-20-22(19-36(2)3)29(35-38)21-9-7-6-8-10-21/h5-12,17-18,20H,1,13-16,19H2,2-4H3,(H,32,39)(H,31,33,34)/i2D3,3D3,9D. The van der Waals surface area contributed by atoms with Crippen molar-refractivity contribution in [1.29, 1.82) is 0 Å². The Morgan fingerprint density at radius 3 is 2.85 bits per heavy atom. The maximum atomic E-state index is 12.3. The molecule has 0 atom stereocenters. The summed E-state index contributed by atoms with van der Waals surface area (Å²) in [6.07, 6.45) is 4.14. The van der Waals surface area contributed by atoms with E-state index in [-0.39, 0.29) is 29.1 Å². The predicted octanol–water partition coefficient (Wildman–Crippen LogP) is 4.10. The SMILES string of the molecule is [2H]c1ccccc1-c1nn(-c2ccnc(Nc3cc(NC(=O)C=C)c(N4CCOCC4)cc3OC)n2)cc1CN(C([2H])([2H])[2H])C([2H])([2H])[2H]. The zero-order valence-corrected chi connectivity index (χ0v) is 22.4. The zero-order valence-electron chi connectivity index (χ0n) is 29.4. The van der Waals surface area contributed by atoms with Gasteiger partial charge in [-0.2, -0.15) is 10.1 Å². The third-order valence-corrected chi connectivity index (χ3v) is 6.32. The quantitative estimate of drug-likeness (QED) is 0.277. The number of amides is 1. The molecule has 2 aromatic heterocycles. The van der Waals surface area contributed by atoms with Crippen molar-refractivity contribution in [2.75, 3.05) is 62.9 Å². The van der Waals surface area contributed by atoms with Crippen molar-refractivity contribution in [3.63, 3.8) is 0 Å². The summed E-state index contributed by atoms with van der Waals surface area (Å²) in [5, 5.41) is 10.6. The predicted molar refractivity (Wildman–Crippen MR) is 160 cm³/mol. The van der Waals surface area contributed by atoms with E-state index in [9.17, 15) is 4.79 Å². The van der Waals surface area contributed by atoms with Gasteiger partial charge in [-0.25, -0.2) is 9.67 Å². The third kappa shape index (κ3) is 6.53. The van der Waals surface area contributed by atoms with Crippen LogP contribution in [0.4, 0.5) is 23.0 Å². The first-order chi connectivity index (χ1) is 22.8. The molecule has 4 aromatic rings. The molecule has 0 bridgehead atoms. The second-order valence-corrected chi connectivity index (χ2v) is 9.04. The van der Waals surface area contributed by atoms with E-state index in [2.05, 4.69) is 37.2 Å². The highest BCUT2D eigenvalue weighted by molar-refractivity contribution is 6.02. The van der Waals surface area contributed by atoms with Gasteiger partial charge in [-0.05, 0) is 26.1 Å². The van der Waals surface area contributed by atoms with Gasteiger partial charge in [0.1, 0.15) is 5.75 Å². The van der Waals surface area contributed by atoms with Crippen molar-refractivity contribution in [2.24, 2.45) is 0 Å². The lowest BCUT2D eigenvalue weighted by Gasteiger charge is -2.31. The van der Waals surface area contributed by atoms with E-state index in [0.29, 0.717) is 53.9 Å². The lowest BCUT2D eigenvalue weighted by Crippen LogP contribution is -2.36. The smallest absolute Gasteiger partial charge is 0.247 e. The summed E-state index contributed by atoms with van der Waals surface area (Å²) in [6, 6.07) is 11.8. The van der Waals surface area contributed by atoms with Gasteiger partial charge in [0.25, 0.3) is 0 Å². The third-order valence-electron chi connectivity index (χ3n) is 6.32. The van der Waals surface area contributed by atoms with Gasteiger partial charge in [0, 0.05) is 63.5 Å². The van der Waals surface area contributed by atoms with Crippen LogP contribution in [-0.2, 0) is 16.1 Å². The molecule has 5 rings (SSSR count). The molecule has 0 unspecified atom stereocenters. The van der Waals surface area contributed by atoms with Crippen LogP contribution in [0.1, 0.15) is 15.2 Å². The Labute approximate surface area is 249 Å². The number of aromatic nitrogens is 4. The molecule has 1 fully saturated rings. The molecule has 1 aliphatic rings. The van der Waals surface area contributed by atoms with Crippen molar-refractivity contribution >= 4 is 28.9 Å². The number of ether oxygens (including phenoxy) is 2. The number of rotatable bonds is 10. The van der Waals surface area contributed by atoms with Crippen molar-refractivity contribution in [3.8, 4) is 22.8 Å². The molecule has 1 aliphatic heterocycles. The van der Waals surface area contributed by atoms with E-state index in [1.54, 1.807) is 42.5 Å². The fourth-order valence-electron chi connectivity index (χ4n) is 4.42. The molecule has 212 valence electrons. The number of carbonyl (C=O) groups is 1. The maximum absolute atomic E-state index is 12.3. The van der Waals surface area contributed by atoms with Gasteiger partial charge in [-0.1, -0.05) is 36.9 Å². The Kier molecular flexibility index (Phi) is 6.21. The van der Waals surface area contributed by atoms with Gasteiger partial charge in [-0.15, -0.1) is 0 Å². The van der Waals surface area contributed by atoms with E-state index in [1.807, 2.05) is 0 Å². The molecule has 1 amide bonds. The van der Waals surface area contributed by atoms with E-state index < -0.39 is 26.4 Å². The lowest BCUT2D eigenvalue weighted by molar-refractivity contribution is -0.111. The minimum atomic E-state index is -2.93. The van der Waals surface area contributed by atoms with E-state index in [1.165, 1.54) is 30.3 Å². The van der Waals surface area contributed by atoms with Crippen LogP contribution in [-0.4, -0.2) is 77.9 Å². The van der Waals surface area contributed by atoms with Crippen LogP contribution in [0.25, 0.3) is 17.1 Å². The highest BCUT2D eigenvalue weighted by Crippen LogP contribution is 2.38. The Morgan fingerprint density at radius 1 is 1.24 bits per heavy atom. The number of anilines is 4. The fraction of sp³-hybridized carbons (Fsp3) is 0.267. The normalized spacial score (nSPS) is 16.3. The number of nitrogens with zero attached hydrogens (tertiary/aromatic N) is 6. The maximum Gasteiger partial charge on any atom is 0.247 e. The van der Waals surface area contributed by atoms with Crippen molar-refractivity contribution < 1.29 is 23.9 Å². The van der Waals surface area contributed by atoms with Crippen LogP contribution < -0.4 is 20.3 Å². The molecule has 2 N–H and O–H groups in total. The Bertz CT molecular complexity index is 1780. The summed E-state index contributed by atoms with van der Waals surface area (Å²) < 4.78 is 68.0. The van der Waals surface area contributed by atoms with Crippen molar-refractivity contribution in [3.05, 3.63) is 79.1 Å². The second-order valence-electron chi connectivity index (χ2n) is 9.04. The molecule has 3 heterocycles. The Hall–Kier alpha value is -4.74. The first-order valence-corrected chi connectivity index (χ1v) is 12.8. The minimum absolute atomic E-state index is 0.121. The summed E-state index contributed by atoms with van der Waals surface area (Å²) >= 11 is 0. The zero-order chi connectivity index (χ0) is 34.6. The van der Waals surface area contributed by atoms with Gasteiger partial charge < -0.3 is 29.9 Å². The van der Waals surface area contributed by atoms with Crippen LogP contribution >= 0.6 is 0 Å². The summed E-state index contributed by atoms with van der Waals surface area (Å²) in [4.78, 5) is 23.8. The van der Waals surface area contributed by atoms with Crippen LogP contribution in [0.15, 0.2) is 73.6 Å². The number of nitrogens with one attached hydrogen (secondary N) is 2. The number of hydrogen-bond donors (Lipinski definition) is 2. The molecule has 11 heteroatoms. The second kappa shape index (κ2) is 12.6. The fourth-order valence-corrected chi connectivity index (χ4v) is 4.42. The molecular formula is C30H34N8O3. The topological polar surface area (TPSA) is 110 Å². The average Bonchev–Trinajstić information content (AvgIpc) is 3.47. The number of carbonyl (C=O) groups excluding carboxylic acids is 1. The molecule has 2 aromatic carbocycles. The monoisotopic (exact) mass is 561 g/mol. The molecule has 41 heavy (non-hydrogen) atoms. The molecule has 0 saturated carbocycles. The summed E-state index contributed by atoms with van der Waals surface area (Å²) in [6.45, 7) is -0.513. The molecule has 0 aliphatic carbocycles. The Balaban J connectivity index is 1.53. The Morgan fingerprint density at radius 2 is 2.10 bits per heavy atom. The molecule has 0 radical (unpaired) electrons. The molecule has 0 spiro atoms. The first-order valence-electron chi connectivity index (χ1n) is 16.3. The largest absolute Gasteiger partial charge is 0.494 e. The molecule has 11 nitrogen and oxygen atoms in total. The first kappa shape index (κ1) is 20.2. The molecular weight excluding hydrogens is 520 g/mol. The number of hydrogen-bond acceptors (Lipinski definition) is 9. The summed E-state index contributed by atoms with van der Waals surface area (Å²) in [7, 11) is 1.52. The number of benzene rings is 2. The van der Waals surface area contributed by atoms with E-state index in [4.69, 9.17) is 19.1 Å². The summed E-state index contributed by atoms with van der Waals surface area (Å²) in [5.74, 6) is 0.457. The van der Waals surface area contributed by atoms with Gasteiger partial charge in [-0.3, -0.25) is 4.79 Å². The van der Waals surface area contributed by atoms with Crippen LogP contribution in [0.3, 0.4) is 0 Å². The highest BCUT2D eigenvalue weighted by atomic mass is 16.5. The number of methoxy groups -OCH3 is 1. The van der Waals surface area contributed by atoms with Gasteiger partial charge in [0.05, 0.1) is 44.5 Å². The van der Waals surface area contributed by atoms with Crippen molar-refractivity contribution in [1.82, 2.24) is 24.6 Å². The summed E-state index contributed by atoms with van der Waals surface area (Å²) in [5.41, 5.74) is 2.56. The lowest BCUT2D eigenvalue weighted by atomic mass is 10.1.